The van der Waals surface area contributed by atoms with Crippen molar-refractivity contribution in [2.24, 2.45) is 11.8 Å². The van der Waals surface area contributed by atoms with E-state index in [-0.39, 0.29) is 13.6 Å². The monoisotopic (exact) mass is 286 g/mol. The number of allylic oxidation sites excluding steroid dienone is 2. The van der Waals surface area contributed by atoms with Crippen LogP contribution in [-0.4, -0.2) is 26.8 Å². The van der Waals surface area contributed by atoms with E-state index in [1.807, 2.05) is 13.8 Å². The average Bonchev–Trinajstić information content (AvgIpc) is 2.39. The lowest BCUT2D eigenvalue weighted by Crippen LogP contribution is -2.24. The van der Waals surface area contributed by atoms with Gasteiger partial charge in [-0.3, -0.25) is 0 Å². The summed E-state index contributed by atoms with van der Waals surface area (Å²) in [6.07, 6.45) is 2.10. The maximum Gasteiger partial charge on any atom is 0.188 e. The van der Waals surface area contributed by atoms with Crippen LogP contribution < -0.4 is 0 Å². The van der Waals surface area contributed by atoms with Crippen molar-refractivity contribution in [3.8, 4) is 0 Å². The van der Waals surface area contributed by atoms with Gasteiger partial charge in [-0.25, -0.2) is 0 Å². The van der Waals surface area contributed by atoms with Crippen molar-refractivity contribution in [2.75, 3.05) is 26.8 Å². The van der Waals surface area contributed by atoms with Gasteiger partial charge >= 0.3 is 0 Å². The molecule has 20 heavy (non-hydrogen) atoms. The predicted molar refractivity (Wildman–Crippen MR) is 81.0 cm³/mol. The van der Waals surface area contributed by atoms with Crippen molar-refractivity contribution in [2.45, 2.75) is 40.5 Å². The Morgan fingerprint density at radius 1 is 0.800 bits per heavy atom. The largest absolute Gasteiger partial charge is 0.473 e. The van der Waals surface area contributed by atoms with Gasteiger partial charge in [0, 0.05) is 0 Å². The third-order valence-electron chi connectivity index (χ3n) is 3.16. The number of hydrogen-bond acceptors (Lipinski definition) is 4. The molecule has 0 spiro atoms. The zero-order chi connectivity index (χ0) is 15.4. The number of hydrogen-bond donors (Lipinski definition) is 0. The van der Waals surface area contributed by atoms with E-state index in [1.165, 1.54) is 0 Å². The molecule has 0 fully saturated rings. The predicted octanol–water partition coefficient (Wildman–Crippen LogP) is 4.09. The van der Waals surface area contributed by atoms with Crippen LogP contribution in [0.5, 0.6) is 0 Å². The van der Waals surface area contributed by atoms with Gasteiger partial charge in [-0.1, -0.05) is 39.8 Å². The highest BCUT2D eigenvalue weighted by Gasteiger charge is 2.19. The topological polar surface area (TPSA) is 36.9 Å². The summed E-state index contributed by atoms with van der Waals surface area (Å²) < 4.78 is 21.5. The van der Waals surface area contributed by atoms with Gasteiger partial charge in [-0.2, -0.15) is 0 Å². The quantitative estimate of drug-likeness (QED) is 0.290. The first kappa shape index (κ1) is 19.0. The van der Waals surface area contributed by atoms with Gasteiger partial charge in [-0.15, -0.1) is 0 Å². The molecule has 2 unspecified atom stereocenters. The summed E-state index contributed by atoms with van der Waals surface area (Å²) in [5.74, 6) is 2.26. The molecule has 4 nitrogen and oxygen atoms in total. The highest BCUT2D eigenvalue weighted by molar-refractivity contribution is 4.73. The Morgan fingerprint density at radius 2 is 1.15 bits per heavy atom. The van der Waals surface area contributed by atoms with Gasteiger partial charge in [0.25, 0.3) is 0 Å². The summed E-state index contributed by atoms with van der Waals surface area (Å²) in [4.78, 5) is 0. The number of ether oxygens (including phenoxy) is 4. The molecule has 0 saturated heterocycles. The van der Waals surface area contributed by atoms with E-state index in [9.17, 15) is 0 Å². The van der Waals surface area contributed by atoms with Gasteiger partial charge in [0.15, 0.2) is 13.6 Å². The Bertz CT molecular complexity index is 248. The molecule has 0 aliphatic heterocycles. The maximum atomic E-state index is 5.54. The Balaban J connectivity index is 3.95. The van der Waals surface area contributed by atoms with Crippen LogP contribution >= 0.6 is 0 Å². The molecule has 0 saturated carbocycles. The summed E-state index contributed by atoms with van der Waals surface area (Å²) in [5, 5.41) is 0. The van der Waals surface area contributed by atoms with Crippen molar-refractivity contribution in [3.63, 3.8) is 0 Å². The lowest BCUT2D eigenvalue weighted by Gasteiger charge is -2.25. The van der Waals surface area contributed by atoms with Crippen LogP contribution in [0.4, 0.5) is 0 Å². The third kappa shape index (κ3) is 9.87. The fraction of sp³-hybridized carbons (Fsp3) is 0.750. The zero-order valence-corrected chi connectivity index (χ0v) is 13.4. The zero-order valence-electron chi connectivity index (χ0n) is 13.4. The lowest BCUT2D eigenvalue weighted by atomic mass is 9.89. The van der Waals surface area contributed by atoms with Crippen LogP contribution in [0.2, 0.25) is 0 Å². The molecular weight excluding hydrogens is 256 g/mol. The van der Waals surface area contributed by atoms with Crippen molar-refractivity contribution in [1.82, 2.24) is 0 Å². The van der Waals surface area contributed by atoms with Crippen LogP contribution in [0.15, 0.2) is 24.7 Å². The van der Waals surface area contributed by atoms with E-state index in [1.54, 1.807) is 0 Å². The van der Waals surface area contributed by atoms with Gasteiger partial charge in [0.2, 0.25) is 0 Å². The van der Waals surface area contributed by atoms with E-state index in [2.05, 4.69) is 27.0 Å². The maximum absolute atomic E-state index is 5.54. The molecule has 0 aromatic carbocycles. The Hall–Kier alpha value is -1.00. The van der Waals surface area contributed by atoms with Crippen molar-refractivity contribution < 1.29 is 18.9 Å². The molecule has 2 atom stereocenters. The lowest BCUT2D eigenvalue weighted by molar-refractivity contribution is -0.0692. The minimum atomic E-state index is 0.266. The summed E-state index contributed by atoms with van der Waals surface area (Å²) in [5.41, 5.74) is 0. The second kappa shape index (κ2) is 11.8. The van der Waals surface area contributed by atoms with Crippen LogP contribution in [-0.2, 0) is 18.9 Å². The molecule has 0 bridgehead atoms. The van der Waals surface area contributed by atoms with Crippen molar-refractivity contribution in [1.29, 1.82) is 0 Å². The minimum Gasteiger partial charge on any atom is -0.473 e. The molecule has 0 radical (unpaired) electrons. The highest BCUT2D eigenvalue weighted by atomic mass is 16.7. The normalized spacial score (nSPS) is 13.6. The van der Waals surface area contributed by atoms with E-state index in [4.69, 9.17) is 18.9 Å². The summed E-state index contributed by atoms with van der Waals surface area (Å²) in [7, 11) is 0. The molecular formula is C16H30O4. The molecule has 0 N–H and O–H groups in total. The molecule has 0 rings (SSSR count). The van der Waals surface area contributed by atoms with Gasteiger partial charge in [0.1, 0.15) is 0 Å². The third-order valence-corrected chi connectivity index (χ3v) is 3.16. The minimum absolute atomic E-state index is 0.266. The SMILES string of the molecule is C=C(C)OCOCC(CC)C(CC)COCOC(=C)C. The van der Waals surface area contributed by atoms with E-state index in [0.29, 0.717) is 36.6 Å². The van der Waals surface area contributed by atoms with E-state index < -0.39 is 0 Å². The van der Waals surface area contributed by atoms with Crippen LogP contribution in [0.3, 0.4) is 0 Å². The van der Waals surface area contributed by atoms with Gasteiger partial charge < -0.3 is 18.9 Å². The summed E-state index contributed by atoms with van der Waals surface area (Å²) in [6.45, 7) is 17.2. The fourth-order valence-electron chi connectivity index (χ4n) is 1.86. The Kier molecular flexibility index (Phi) is 11.2. The second-order valence-corrected chi connectivity index (χ2v) is 5.01. The first-order valence-corrected chi connectivity index (χ1v) is 7.23. The van der Waals surface area contributed by atoms with Crippen LogP contribution in [0, 0.1) is 11.8 Å². The molecule has 118 valence electrons. The first-order valence-electron chi connectivity index (χ1n) is 7.23. The summed E-state index contributed by atoms with van der Waals surface area (Å²) in [6, 6.07) is 0. The van der Waals surface area contributed by atoms with E-state index >= 15 is 0 Å². The van der Waals surface area contributed by atoms with Crippen LogP contribution in [0.25, 0.3) is 0 Å². The molecule has 0 aromatic heterocycles. The number of rotatable bonds is 13. The first-order chi connectivity index (χ1) is 9.51. The molecule has 0 aliphatic rings. The Labute approximate surface area is 123 Å². The molecule has 0 amide bonds. The van der Waals surface area contributed by atoms with Gasteiger partial charge in [-0.05, 0) is 25.7 Å². The van der Waals surface area contributed by atoms with Crippen molar-refractivity contribution >= 4 is 0 Å². The summed E-state index contributed by atoms with van der Waals surface area (Å²) >= 11 is 0. The highest BCUT2D eigenvalue weighted by Crippen LogP contribution is 2.20. The smallest absolute Gasteiger partial charge is 0.188 e. The van der Waals surface area contributed by atoms with E-state index in [0.717, 1.165) is 12.8 Å². The molecule has 4 heteroatoms. The fourth-order valence-corrected chi connectivity index (χ4v) is 1.86. The van der Waals surface area contributed by atoms with Gasteiger partial charge in [0.05, 0.1) is 24.7 Å². The average molecular weight is 286 g/mol. The second-order valence-electron chi connectivity index (χ2n) is 5.01. The Morgan fingerprint density at radius 3 is 1.40 bits per heavy atom. The molecule has 0 heterocycles. The standard InChI is InChI=1S/C16H30O4/c1-7-15(9-17-11-19-13(3)4)16(8-2)10-18-12-20-14(5)6/h15-16H,3,5,7-12H2,1-2,4,6H3. The van der Waals surface area contributed by atoms with Crippen LogP contribution in [0.1, 0.15) is 40.5 Å². The molecule has 0 aliphatic carbocycles. The van der Waals surface area contributed by atoms with Crippen molar-refractivity contribution in [3.05, 3.63) is 24.7 Å². The molecule has 0 aromatic rings.